The number of amides is 1. The quantitative estimate of drug-likeness (QED) is 0.352. The van der Waals surface area contributed by atoms with Crippen LogP contribution in [0.3, 0.4) is 0 Å². The molecule has 0 bridgehead atoms. The standard InChI is InChI=1S/C19H25N5O4S/c1-11-5-6-14(29(27,28)23-10-19(3,4)26)8-15(11)13-7-16(17(21)22-9-13)18(25)24-12(2)20/h5-9,23,26H,10H2,1-4H3,(H2,21,22)(H2,20,24,25). The molecule has 0 unspecified atom stereocenters. The highest BCUT2D eigenvalue weighted by molar-refractivity contribution is 7.89. The Hall–Kier alpha value is -2.82. The van der Waals surface area contributed by atoms with Crippen molar-refractivity contribution in [3.05, 3.63) is 41.6 Å². The van der Waals surface area contributed by atoms with Gasteiger partial charge in [0.15, 0.2) is 0 Å². The van der Waals surface area contributed by atoms with E-state index in [-0.39, 0.29) is 28.7 Å². The minimum absolute atomic E-state index is 0.000716. The molecule has 0 atom stereocenters. The molecule has 1 amide bonds. The summed E-state index contributed by atoms with van der Waals surface area (Å²) in [7, 11) is -3.85. The maximum Gasteiger partial charge on any atom is 0.260 e. The summed E-state index contributed by atoms with van der Waals surface area (Å²) in [5, 5.41) is 19.5. The summed E-state index contributed by atoms with van der Waals surface area (Å²) in [5.74, 6) is -0.611. The van der Waals surface area contributed by atoms with Crippen molar-refractivity contribution in [3.63, 3.8) is 0 Å². The van der Waals surface area contributed by atoms with Gasteiger partial charge in [-0.3, -0.25) is 10.2 Å². The van der Waals surface area contributed by atoms with Crippen LogP contribution in [0.1, 0.15) is 36.7 Å². The monoisotopic (exact) mass is 419 g/mol. The maximum atomic E-state index is 12.6. The van der Waals surface area contributed by atoms with Crippen molar-refractivity contribution in [1.29, 1.82) is 5.41 Å². The average Bonchev–Trinajstić information content (AvgIpc) is 2.60. The molecule has 0 saturated carbocycles. The third kappa shape index (κ3) is 5.83. The largest absolute Gasteiger partial charge is 0.389 e. The molecule has 0 aliphatic carbocycles. The lowest BCUT2D eigenvalue weighted by atomic mass is 10.0. The van der Waals surface area contributed by atoms with E-state index in [1.807, 2.05) is 0 Å². The van der Waals surface area contributed by atoms with Gasteiger partial charge in [-0.25, -0.2) is 18.1 Å². The van der Waals surface area contributed by atoms with E-state index in [9.17, 15) is 18.3 Å². The van der Waals surface area contributed by atoms with E-state index in [0.29, 0.717) is 11.1 Å². The maximum absolute atomic E-state index is 12.6. The van der Waals surface area contributed by atoms with Gasteiger partial charge < -0.3 is 16.2 Å². The van der Waals surface area contributed by atoms with E-state index in [1.54, 1.807) is 13.0 Å². The highest BCUT2D eigenvalue weighted by Gasteiger charge is 2.21. The van der Waals surface area contributed by atoms with Gasteiger partial charge in [0.2, 0.25) is 10.0 Å². The first-order chi connectivity index (χ1) is 13.3. The predicted molar refractivity (Wildman–Crippen MR) is 111 cm³/mol. The minimum Gasteiger partial charge on any atom is -0.389 e. The van der Waals surface area contributed by atoms with Gasteiger partial charge in [-0.05, 0) is 57.0 Å². The Morgan fingerprint density at radius 1 is 1.31 bits per heavy atom. The molecule has 0 aliphatic rings. The molecule has 9 nitrogen and oxygen atoms in total. The second-order valence-corrected chi connectivity index (χ2v) is 9.12. The summed E-state index contributed by atoms with van der Waals surface area (Å²) in [6.07, 6.45) is 1.45. The Bertz CT molecular complexity index is 1060. The summed E-state index contributed by atoms with van der Waals surface area (Å²) in [5.41, 5.74) is 6.51. The van der Waals surface area contributed by atoms with Crippen LogP contribution in [0.15, 0.2) is 35.4 Å². The molecule has 156 valence electrons. The molecule has 1 aromatic carbocycles. The van der Waals surface area contributed by atoms with Crippen LogP contribution in [0.4, 0.5) is 5.82 Å². The zero-order chi connectivity index (χ0) is 22.0. The molecule has 2 aromatic rings. The van der Waals surface area contributed by atoms with E-state index in [2.05, 4.69) is 15.0 Å². The molecule has 0 fully saturated rings. The van der Waals surface area contributed by atoms with Crippen molar-refractivity contribution in [2.75, 3.05) is 12.3 Å². The van der Waals surface area contributed by atoms with E-state index in [1.165, 1.54) is 45.2 Å². The number of nitrogens with zero attached hydrogens (tertiary/aromatic N) is 1. The molecule has 10 heteroatoms. The molecule has 1 heterocycles. The van der Waals surface area contributed by atoms with Crippen molar-refractivity contribution < 1.29 is 18.3 Å². The number of nitrogen functional groups attached to an aromatic ring is 1. The molecule has 2 rings (SSSR count). The van der Waals surface area contributed by atoms with E-state index in [0.717, 1.165) is 5.56 Å². The number of aryl methyl sites for hydroxylation is 1. The number of anilines is 1. The van der Waals surface area contributed by atoms with Gasteiger partial charge >= 0.3 is 0 Å². The highest BCUT2D eigenvalue weighted by atomic mass is 32.2. The zero-order valence-corrected chi connectivity index (χ0v) is 17.5. The lowest BCUT2D eigenvalue weighted by molar-refractivity contribution is 0.0857. The summed E-state index contributed by atoms with van der Waals surface area (Å²) in [4.78, 5) is 16.3. The number of hydrogen-bond acceptors (Lipinski definition) is 7. The fourth-order valence-electron chi connectivity index (χ4n) is 2.48. The lowest BCUT2D eigenvalue weighted by Gasteiger charge is -2.18. The Morgan fingerprint density at radius 3 is 2.55 bits per heavy atom. The molecule has 0 radical (unpaired) electrons. The zero-order valence-electron chi connectivity index (χ0n) is 16.7. The topological polar surface area (TPSA) is 158 Å². The smallest absolute Gasteiger partial charge is 0.260 e. The van der Waals surface area contributed by atoms with E-state index < -0.39 is 21.5 Å². The van der Waals surface area contributed by atoms with Crippen molar-refractivity contribution in [2.45, 2.75) is 38.2 Å². The van der Waals surface area contributed by atoms with Crippen molar-refractivity contribution >= 4 is 27.6 Å². The number of nitrogens with one attached hydrogen (secondary N) is 3. The van der Waals surface area contributed by atoms with Crippen molar-refractivity contribution in [1.82, 2.24) is 15.0 Å². The van der Waals surface area contributed by atoms with Crippen LogP contribution >= 0.6 is 0 Å². The van der Waals surface area contributed by atoms with Gasteiger partial charge in [0.05, 0.1) is 21.9 Å². The summed E-state index contributed by atoms with van der Waals surface area (Å²) in [6.45, 7) is 6.07. The van der Waals surface area contributed by atoms with Gasteiger partial charge in [0, 0.05) is 18.3 Å². The van der Waals surface area contributed by atoms with Crippen LogP contribution in [-0.2, 0) is 10.0 Å². The number of pyridine rings is 1. The molecular weight excluding hydrogens is 394 g/mol. The minimum atomic E-state index is -3.85. The first-order valence-corrected chi connectivity index (χ1v) is 10.2. The van der Waals surface area contributed by atoms with Gasteiger partial charge in [-0.15, -0.1) is 0 Å². The number of nitrogens with two attached hydrogens (primary N) is 1. The third-order valence-corrected chi connectivity index (χ3v) is 5.39. The number of hydrogen-bond donors (Lipinski definition) is 5. The third-order valence-electron chi connectivity index (χ3n) is 3.99. The highest BCUT2D eigenvalue weighted by Crippen LogP contribution is 2.28. The number of amidine groups is 1. The van der Waals surface area contributed by atoms with Crippen LogP contribution in [0.25, 0.3) is 11.1 Å². The first kappa shape index (κ1) is 22.5. The van der Waals surface area contributed by atoms with Crippen LogP contribution in [0.5, 0.6) is 0 Å². The number of aromatic nitrogens is 1. The molecule has 0 saturated heterocycles. The van der Waals surface area contributed by atoms with Gasteiger partial charge in [-0.1, -0.05) is 6.07 Å². The number of sulfonamides is 1. The number of aliphatic hydroxyl groups is 1. The summed E-state index contributed by atoms with van der Waals surface area (Å²) >= 11 is 0. The molecule has 0 spiro atoms. The molecule has 6 N–H and O–H groups in total. The number of carbonyl (C=O) groups excluding carboxylic acids is 1. The second kappa shape index (κ2) is 8.27. The van der Waals surface area contributed by atoms with Crippen LogP contribution in [-0.4, -0.2) is 42.4 Å². The van der Waals surface area contributed by atoms with Crippen LogP contribution in [0, 0.1) is 12.3 Å². The fraction of sp³-hybridized carbons (Fsp3) is 0.316. The van der Waals surface area contributed by atoms with Gasteiger partial charge in [-0.2, -0.15) is 0 Å². The van der Waals surface area contributed by atoms with Crippen molar-refractivity contribution in [3.8, 4) is 11.1 Å². The molecular formula is C19H25N5O4S. The van der Waals surface area contributed by atoms with Crippen LogP contribution in [0.2, 0.25) is 0 Å². The van der Waals surface area contributed by atoms with E-state index >= 15 is 0 Å². The van der Waals surface area contributed by atoms with Crippen molar-refractivity contribution in [2.24, 2.45) is 0 Å². The Labute approximate surface area is 169 Å². The molecule has 29 heavy (non-hydrogen) atoms. The number of carbonyl (C=O) groups is 1. The van der Waals surface area contributed by atoms with Gasteiger partial charge in [0.1, 0.15) is 5.82 Å². The molecule has 1 aromatic heterocycles. The van der Waals surface area contributed by atoms with Crippen LogP contribution < -0.4 is 15.8 Å². The lowest BCUT2D eigenvalue weighted by Crippen LogP contribution is -2.38. The van der Waals surface area contributed by atoms with Gasteiger partial charge in [0.25, 0.3) is 5.91 Å². The Morgan fingerprint density at radius 2 is 1.97 bits per heavy atom. The Kier molecular flexibility index (Phi) is 6.41. The SMILES string of the molecule is CC(=N)NC(=O)c1cc(-c2cc(S(=O)(=O)NCC(C)(C)O)ccc2C)cnc1N. The summed E-state index contributed by atoms with van der Waals surface area (Å²) in [6, 6.07) is 6.08. The first-order valence-electron chi connectivity index (χ1n) is 8.75. The number of rotatable bonds is 6. The fourth-order valence-corrected chi connectivity index (χ4v) is 3.71. The summed E-state index contributed by atoms with van der Waals surface area (Å²) < 4.78 is 27.5. The normalized spacial score (nSPS) is 11.9. The van der Waals surface area contributed by atoms with E-state index in [4.69, 9.17) is 11.1 Å². The Balaban J connectivity index is 2.47. The molecule has 0 aliphatic heterocycles. The number of benzene rings is 1. The predicted octanol–water partition coefficient (Wildman–Crippen LogP) is 1.42. The second-order valence-electron chi connectivity index (χ2n) is 7.35. The average molecular weight is 420 g/mol.